The average molecular weight is 308 g/mol. The van der Waals surface area contributed by atoms with Crippen molar-refractivity contribution in [3.63, 3.8) is 0 Å². The number of nitrogens with zero attached hydrogens (tertiary/aromatic N) is 2. The Hall–Kier alpha value is -1.07. The van der Waals surface area contributed by atoms with Gasteiger partial charge in [-0.3, -0.25) is 9.89 Å². The highest BCUT2D eigenvalue weighted by molar-refractivity contribution is 7.09. The van der Waals surface area contributed by atoms with Crippen LogP contribution in [0.25, 0.3) is 0 Å². The fourth-order valence-electron chi connectivity index (χ4n) is 2.84. The lowest BCUT2D eigenvalue weighted by Gasteiger charge is -2.24. The Morgan fingerprint density at radius 3 is 3.14 bits per heavy atom. The van der Waals surface area contributed by atoms with E-state index in [1.54, 1.807) is 11.3 Å². The van der Waals surface area contributed by atoms with Crippen LogP contribution in [0.2, 0.25) is 0 Å². The monoisotopic (exact) mass is 308 g/mol. The summed E-state index contributed by atoms with van der Waals surface area (Å²) in [6, 6.07) is 4.81. The Labute approximate surface area is 132 Å². The zero-order chi connectivity index (χ0) is 15.1. The Morgan fingerprint density at radius 2 is 2.43 bits per heavy atom. The number of rotatable bonds is 7. The molecule has 0 unspecified atom stereocenters. The van der Waals surface area contributed by atoms with Crippen molar-refractivity contribution in [3.05, 3.63) is 22.4 Å². The van der Waals surface area contributed by atoms with Gasteiger partial charge in [0.1, 0.15) is 0 Å². The lowest BCUT2D eigenvalue weighted by molar-refractivity contribution is 0.231. The molecule has 118 valence electrons. The van der Waals surface area contributed by atoms with Crippen LogP contribution in [0.15, 0.2) is 22.5 Å². The van der Waals surface area contributed by atoms with E-state index >= 15 is 0 Å². The first kappa shape index (κ1) is 16.3. The van der Waals surface area contributed by atoms with Gasteiger partial charge in [0.25, 0.3) is 0 Å². The first-order chi connectivity index (χ1) is 10.1. The molecule has 1 aliphatic heterocycles. The van der Waals surface area contributed by atoms with Crippen LogP contribution in [-0.4, -0.2) is 43.1 Å². The van der Waals surface area contributed by atoms with E-state index in [4.69, 9.17) is 5.73 Å². The number of hydrogen-bond acceptors (Lipinski definition) is 3. The molecule has 0 radical (unpaired) electrons. The van der Waals surface area contributed by atoms with Crippen molar-refractivity contribution in [3.8, 4) is 0 Å². The molecule has 0 aromatic carbocycles. The second kappa shape index (κ2) is 8.39. The van der Waals surface area contributed by atoms with Gasteiger partial charge in [0.05, 0.1) is 6.54 Å². The third-order valence-electron chi connectivity index (χ3n) is 3.83. The van der Waals surface area contributed by atoms with Gasteiger partial charge in [0.2, 0.25) is 0 Å². The van der Waals surface area contributed by atoms with Gasteiger partial charge in [-0.15, -0.1) is 11.3 Å². The third kappa shape index (κ3) is 5.67. The van der Waals surface area contributed by atoms with Crippen LogP contribution >= 0.6 is 11.3 Å². The number of hydrogen-bond donors (Lipinski definition) is 2. The summed E-state index contributed by atoms with van der Waals surface area (Å²) in [5.74, 6) is 1.30. The number of likely N-dealkylation sites (tertiary alicyclic amines) is 1. The van der Waals surface area contributed by atoms with Gasteiger partial charge in [0, 0.05) is 24.0 Å². The van der Waals surface area contributed by atoms with Crippen molar-refractivity contribution in [2.45, 2.75) is 39.2 Å². The predicted octanol–water partition coefficient (Wildman–Crippen LogP) is 2.32. The molecule has 1 atom stereocenters. The van der Waals surface area contributed by atoms with Crippen LogP contribution in [-0.2, 0) is 6.42 Å². The molecule has 3 N–H and O–H groups in total. The van der Waals surface area contributed by atoms with Crippen LogP contribution in [0, 0.1) is 5.92 Å². The second-order valence-electron chi connectivity index (χ2n) is 6.17. The molecule has 0 saturated carbocycles. The number of nitrogens with one attached hydrogen (secondary N) is 1. The number of nitrogens with two attached hydrogens (primary N) is 1. The molecule has 0 amide bonds. The second-order valence-corrected chi connectivity index (χ2v) is 7.20. The molecule has 1 saturated heterocycles. The van der Waals surface area contributed by atoms with Gasteiger partial charge < -0.3 is 11.1 Å². The van der Waals surface area contributed by atoms with E-state index < -0.39 is 0 Å². The molecular weight excluding hydrogens is 280 g/mol. The van der Waals surface area contributed by atoms with Gasteiger partial charge >= 0.3 is 0 Å². The van der Waals surface area contributed by atoms with Crippen LogP contribution in [0.1, 0.15) is 31.6 Å². The predicted molar refractivity (Wildman–Crippen MR) is 91.9 cm³/mol. The molecule has 2 rings (SSSR count). The standard InChI is InChI=1S/C16H28N4S/c1-13(2)12-20-9-3-5-14(20)11-19-16(17)18-8-7-15-6-4-10-21-15/h4,6,10,13-14H,3,5,7-9,11-12H2,1-2H3,(H3,17,18,19)/t14-/m0/s1. The molecule has 0 aliphatic carbocycles. The number of aliphatic imine (C=N–C) groups is 1. The van der Waals surface area contributed by atoms with E-state index in [1.807, 2.05) is 0 Å². The highest BCUT2D eigenvalue weighted by atomic mass is 32.1. The first-order valence-electron chi connectivity index (χ1n) is 7.95. The van der Waals surface area contributed by atoms with E-state index in [0.717, 1.165) is 25.4 Å². The molecular formula is C16H28N4S. The smallest absolute Gasteiger partial charge is 0.188 e. The number of guanidine groups is 1. The highest BCUT2D eigenvalue weighted by Crippen LogP contribution is 2.18. The first-order valence-corrected chi connectivity index (χ1v) is 8.83. The lowest BCUT2D eigenvalue weighted by atomic mass is 10.2. The lowest BCUT2D eigenvalue weighted by Crippen LogP contribution is -2.37. The van der Waals surface area contributed by atoms with Gasteiger partial charge in [-0.05, 0) is 43.2 Å². The summed E-state index contributed by atoms with van der Waals surface area (Å²) in [7, 11) is 0. The summed E-state index contributed by atoms with van der Waals surface area (Å²) >= 11 is 1.79. The maximum absolute atomic E-state index is 5.96. The summed E-state index contributed by atoms with van der Waals surface area (Å²) in [6.07, 6.45) is 3.55. The molecule has 21 heavy (non-hydrogen) atoms. The van der Waals surface area contributed by atoms with E-state index in [0.29, 0.717) is 12.0 Å². The summed E-state index contributed by atoms with van der Waals surface area (Å²) < 4.78 is 0. The minimum Gasteiger partial charge on any atom is -0.370 e. The van der Waals surface area contributed by atoms with E-state index in [9.17, 15) is 0 Å². The minimum atomic E-state index is 0.574. The van der Waals surface area contributed by atoms with Crippen LogP contribution < -0.4 is 11.1 Å². The molecule has 2 heterocycles. The Morgan fingerprint density at radius 1 is 1.57 bits per heavy atom. The Balaban J connectivity index is 1.69. The maximum atomic E-state index is 5.96. The molecule has 1 aliphatic rings. The van der Waals surface area contributed by atoms with E-state index in [1.165, 1.54) is 30.8 Å². The van der Waals surface area contributed by atoms with Crippen molar-refractivity contribution in [1.29, 1.82) is 0 Å². The summed E-state index contributed by atoms with van der Waals surface area (Å²) in [5.41, 5.74) is 5.96. The van der Waals surface area contributed by atoms with Crippen molar-refractivity contribution in [2.75, 3.05) is 26.2 Å². The largest absolute Gasteiger partial charge is 0.370 e. The summed E-state index contributed by atoms with van der Waals surface area (Å²) in [6.45, 7) is 8.62. The average Bonchev–Trinajstić information content (AvgIpc) is 3.07. The topological polar surface area (TPSA) is 53.6 Å². The Bertz CT molecular complexity index is 427. The maximum Gasteiger partial charge on any atom is 0.188 e. The van der Waals surface area contributed by atoms with E-state index in [2.05, 4.69) is 46.6 Å². The fraction of sp³-hybridized carbons (Fsp3) is 0.688. The zero-order valence-electron chi connectivity index (χ0n) is 13.2. The quantitative estimate of drug-likeness (QED) is 0.600. The van der Waals surface area contributed by atoms with Crippen LogP contribution in [0.5, 0.6) is 0 Å². The van der Waals surface area contributed by atoms with Crippen molar-refractivity contribution < 1.29 is 0 Å². The zero-order valence-corrected chi connectivity index (χ0v) is 14.0. The van der Waals surface area contributed by atoms with Gasteiger partial charge in [0.15, 0.2) is 5.96 Å². The normalized spacial score (nSPS) is 20.3. The van der Waals surface area contributed by atoms with Crippen molar-refractivity contribution >= 4 is 17.3 Å². The molecule has 5 heteroatoms. The molecule has 1 aromatic rings. The Kier molecular flexibility index (Phi) is 6.51. The van der Waals surface area contributed by atoms with Crippen molar-refractivity contribution in [2.24, 2.45) is 16.6 Å². The molecule has 1 aromatic heterocycles. The van der Waals surface area contributed by atoms with Gasteiger partial charge in [-0.25, -0.2) is 0 Å². The highest BCUT2D eigenvalue weighted by Gasteiger charge is 2.24. The van der Waals surface area contributed by atoms with Gasteiger partial charge in [-0.1, -0.05) is 19.9 Å². The van der Waals surface area contributed by atoms with Crippen LogP contribution in [0.4, 0.5) is 0 Å². The SMILES string of the molecule is CC(C)CN1CCC[C@H]1CN=C(N)NCCc1cccs1. The summed E-state index contributed by atoms with van der Waals surface area (Å²) in [5, 5.41) is 5.32. The van der Waals surface area contributed by atoms with E-state index in [-0.39, 0.29) is 0 Å². The molecule has 0 bridgehead atoms. The minimum absolute atomic E-state index is 0.574. The molecule has 1 fully saturated rings. The third-order valence-corrected chi connectivity index (χ3v) is 4.76. The summed E-state index contributed by atoms with van der Waals surface area (Å²) in [4.78, 5) is 8.47. The number of thiophene rings is 1. The molecule has 0 spiro atoms. The van der Waals surface area contributed by atoms with Crippen LogP contribution in [0.3, 0.4) is 0 Å². The van der Waals surface area contributed by atoms with Gasteiger partial charge in [-0.2, -0.15) is 0 Å². The van der Waals surface area contributed by atoms with Crippen molar-refractivity contribution in [1.82, 2.24) is 10.2 Å². The molecule has 4 nitrogen and oxygen atoms in total. The fourth-order valence-corrected chi connectivity index (χ4v) is 3.55.